The molecule has 0 aliphatic carbocycles. The zero-order chi connectivity index (χ0) is 11.7. The molecule has 2 atom stereocenters. The molecule has 0 bridgehead atoms. The monoisotopic (exact) mass is 216 g/mol. The van der Waals surface area contributed by atoms with Crippen molar-refractivity contribution in [3.8, 4) is 0 Å². The smallest absolute Gasteiger partial charge is 0.306 e. The summed E-state index contributed by atoms with van der Waals surface area (Å²) in [6, 6.07) is 0. The first kappa shape index (κ1) is 14.4. The van der Waals surface area contributed by atoms with Crippen molar-refractivity contribution in [3.63, 3.8) is 0 Å². The second kappa shape index (κ2) is 8.72. The quantitative estimate of drug-likeness (QED) is 0.583. The number of carboxylic acid groups (broad SMARTS) is 1. The normalized spacial score (nSPS) is 14.9. The molecule has 0 saturated heterocycles. The lowest BCUT2D eigenvalue weighted by Gasteiger charge is -2.18. The van der Waals surface area contributed by atoms with Gasteiger partial charge in [0.1, 0.15) is 0 Å². The maximum atomic E-state index is 10.9. The minimum atomic E-state index is -0.668. The van der Waals surface area contributed by atoms with Crippen LogP contribution >= 0.6 is 0 Å². The summed E-state index contributed by atoms with van der Waals surface area (Å²) in [6.07, 6.45) is 5.42. The topological polar surface area (TPSA) is 57.5 Å². The van der Waals surface area contributed by atoms with Crippen molar-refractivity contribution in [1.82, 2.24) is 0 Å². The fourth-order valence-corrected chi connectivity index (χ4v) is 1.88. The second-order valence-electron chi connectivity index (χ2n) is 4.17. The van der Waals surface area contributed by atoms with Gasteiger partial charge in [-0.25, -0.2) is 0 Å². The van der Waals surface area contributed by atoms with Gasteiger partial charge in [-0.05, 0) is 25.2 Å². The molecule has 15 heavy (non-hydrogen) atoms. The summed E-state index contributed by atoms with van der Waals surface area (Å²) in [4.78, 5) is 10.9. The molecule has 0 aromatic carbocycles. The standard InChI is InChI=1S/C12H24O3/c1-3-10(7-5-6-8-13)9-11(4-2)12(14)15/h10-11,13H,3-9H2,1-2H3,(H,14,15). The Labute approximate surface area is 92.5 Å². The zero-order valence-electron chi connectivity index (χ0n) is 9.91. The van der Waals surface area contributed by atoms with Crippen LogP contribution in [-0.2, 0) is 4.79 Å². The summed E-state index contributed by atoms with van der Waals surface area (Å²) in [7, 11) is 0. The molecule has 0 aliphatic rings. The van der Waals surface area contributed by atoms with E-state index in [-0.39, 0.29) is 12.5 Å². The third kappa shape index (κ3) is 6.50. The molecule has 0 aromatic heterocycles. The van der Waals surface area contributed by atoms with Crippen molar-refractivity contribution in [2.45, 2.75) is 52.4 Å². The number of aliphatic hydroxyl groups excluding tert-OH is 1. The Morgan fingerprint density at radius 1 is 1.20 bits per heavy atom. The van der Waals surface area contributed by atoms with Gasteiger partial charge in [-0.1, -0.05) is 33.1 Å². The van der Waals surface area contributed by atoms with Crippen LogP contribution in [-0.4, -0.2) is 22.8 Å². The molecule has 0 spiro atoms. The summed E-state index contributed by atoms with van der Waals surface area (Å²) in [5.41, 5.74) is 0. The average molecular weight is 216 g/mol. The average Bonchev–Trinajstić information content (AvgIpc) is 2.22. The van der Waals surface area contributed by atoms with E-state index in [1.807, 2.05) is 6.92 Å². The number of rotatable bonds is 9. The van der Waals surface area contributed by atoms with E-state index in [9.17, 15) is 4.79 Å². The second-order valence-corrected chi connectivity index (χ2v) is 4.17. The van der Waals surface area contributed by atoms with Crippen LogP contribution in [0.5, 0.6) is 0 Å². The molecular weight excluding hydrogens is 192 g/mol. The van der Waals surface area contributed by atoms with Crippen LogP contribution in [0, 0.1) is 11.8 Å². The number of aliphatic hydroxyl groups is 1. The largest absolute Gasteiger partial charge is 0.481 e. The molecule has 0 amide bonds. The minimum absolute atomic E-state index is 0.191. The predicted molar refractivity (Wildman–Crippen MR) is 60.8 cm³/mol. The van der Waals surface area contributed by atoms with Gasteiger partial charge in [-0.3, -0.25) is 4.79 Å². The Hall–Kier alpha value is -0.570. The van der Waals surface area contributed by atoms with Crippen LogP contribution in [0.3, 0.4) is 0 Å². The van der Waals surface area contributed by atoms with Crippen molar-refractivity contribution in [2.75, 3.05) is 6.61 Å². The van der Waals surface area contributed by atoms with E-state index in [1.54, 1.807) is 0 Å². The van der Waals surface area contributed by atoms with Gasteiger partial charge in [0.25, 0.3) is 0 Å². The van der Waals surface area contributed by atoms with Crippen LogP contribution in [0.1, 0.15) is 52.4 Å². The molecule has 0 rings (SSSR count). The Kier molecular flexibility index (Phi) is 8.38. The third-order valence-electron chi connectivity index (χ3n) is 3.06. The van der Waals surface area contributed by atoms with E-state index in [0.29, 0.717) is 12.3 Å². The summed E-state index contributed by atoms with van der Waals surface area (Å²) < 4.78 is 0. The van der Waals surface area contributed by atoms with Crippen LogP contribution in [0.25, 0.3) is 0 Å². The molecule has 2 N–H and O–H groups in total. The lowest BCUT2D eigenvalue weighted by molar-refractivity contribution is -0.142. The molecule has 3 nitrogen and oxygen atoms in total. The van der Waals surface area contributed by atoms with Crippen molar-refractivity contribution in [2.24, 2.45) is 11.8 Å². The van der Waals surface area contributed by atoms with Crippen molar-refractivity contribution < 1.29 is 15.0 Å². The van der Waals surface area contributed by atoms with Gasteiger partial charge in [-0.2, -0.15) is 0 Å². The van der Waals surface area contributed by atoms with Gasteiger partial charge < -0.3 is 10.2 Å². The van der Waals surface area contributed by atoms with Crippen molar-refractivity contribution >= 4 is 5.97 Å². The molecule has 0 saturated carbocycles. The third-order valence-corrected chi connectivity index (χ3v) is 3.06. The van der Waals surface area contributed by atoms with Crippen LogP contribution in [0.4, 0.5) is 0 Å². The van der Waals surface area contributed by atoms with Gasteiger partial charge in [0.2, 0.25) is 0 Å². The lowest BCUT2D eigenvalue weighted by Crippen LogP contribution is -2.17. The van der Waals surface area contributed by atoms with Gasteiger partial charge >= 0.3 is 5.97 Å². The van der Waals surface area contributed by atoms with E-state index in [1.165, 1.54) is 0 Å². The Balaban J connectivity index is 3.89. The molecule has 0 fully saturated rings. The van der Waals surface area contributed by atoms with Gasteiger partial charge in [-0.15, -0.1) is 0 Å². The summed E-state index contributed by atoms with van der Waals surface area (Å²) in [5, 5.41) is 17.6. The zero-order valence-corrected chi connectivity index (χ0v) is 9.91. The van der Waals surface area contributed by atoms with Crippen molar-refractivity contribution in [1.29, 1.82) is 0 Å². The summed E-state index contributed by atoms with van der Waals surface area (Å²) in [6.45, 7) is 4.28. The number of hydrogen-bond donors (Lipinski definition) is 2. The van der Waals surface area contributed by atoms with Gasteiger partial charge in [0.15, 0.2) is 0 Å². The highest BCUT2D eigenvalue weighted by Gasteiger charge is 2.19. The highest BCUT2D eigenvalue weighted by atomic mass is 16.4. The number of carbonyl (C=O) groups is 1. The molecule has 0 radical (unpaired) electrons. The highest BCUT2D eigenvalue weighted by Crippen LogP contribution is 2.23. The number of aliphatic carboxylic acids is 1. The minimum Gasteiger partial charge on any atom is -0.481 e. The van der Waals surface area contributed by atoms with E-state index < -0.39 is 5.97 Å². The predicted octanol–water partition coefficient (Wildman–Crippen LogP) is 2.68. The SMILES string of the molecule is CCC(CCCCO)CC(CC)C(=O)O. The first-order valence-electron chi connectivity index (χ1n) is 5.99. The number of carboxylic acids is 1. The Morgan fingerprint density at radius 3 is 2.27 bits per heavy atom. The summed E-state index contributed by atoms with van der Waals surface area (Å²) in [5.74, 6) is -0.361. The van der Waals surface area contributed by atoms with E-state index in [4.69, 9.17) is 10.2 Å². The maximum Gasteiger partial charge on any atom is 0.306 e. The fourth-order valence-electron chi connectivity index (χ4n) is 1.88. The van der Waals surface area contributed by atoms with Crippen LogP contribution < -0.4 is 0 Å². The van der Waals surface area contributed by atoms with E-state index in [0.717, 1.165) is 32.1 Å². The van der Waals surface area contributed by atoms with E-state index >= 15 is 0 Å². The molecule has 0 aliphatic heterocycles. The Bertz CT molecular complexity index is 168. The molecule has 2 unspecified atom stereocenters. The molecule has 0 heterocycles. The molecule has 3 heteroatoms. The van der Waals surface area contributed by atoms with Crippen molar-refractivity contribution in [3.05, 3.63) is 0 Å². The number of hydrogen-bond acceptors (Lipinski definition) is 2. The number of unbranched alkanes of at least 4 members (excludes halogenated alkanes) is 1. The fraction of sp³-hybridized carbons (Fsp3) is 0.917. The maximum absolute atomic E-state index is 10.9. The van der Waals surface area contributed by atoms with E-state index in [2.05, 4.69) is 6.92 Å². The van der Waals surface area contributed by atoms with Gasteiger partial charge in [0, 0.05) is 6.61 Å². The molecule has 0 aromatic rings. The Morgan fingerprint density at radius 2 is 1.87 bits per heavy atom. The van der Waals surface area contributed by atoms with Crippen LogP contribution in [0.2, 0.25) is 0 Å². The first-order chi connectivity index (χ1) is 7.15. The highest BCUT2D eigenvalue weighted by molar-refractivity contribution is 5.69. The summed E-state index contributed by atoms with van der Waals surface area (Å²) >= 11 is 0. The van der Waals surface area contributed by atoms with Crippen LogP contribution in [0.15, 0.2) is 0 Å². The molecular formula is C12H24O3. The molecule has 90 valence electrons. The first-order valence-corrected chi connectivity index (χ1v) is 5.99. The van der Waals surface area contributed by atoms with Gasteiger partial charge in [0.05, 0.1) is 5.92 Å². The lowest BCUT2D eigenvalue weighted by atomic mass is 9.87.